The van der Waals surface area contributed by atoms with Crippen molar-refractivity contribution in [3.63, 3.8) is 0 Å². The number of rotatable bonds is 9. The van der Waals surface area contributed by atoms with Crippen LogP contribution in [0.4, 0.5) is 0 Å². The molecular formula is C15H28N2O3. The Morgan fingerprint density at radius 1 is 1.45 bits per heavy atom. The zero-order valence-electron chi connectivity index (χ0n) is 12.7. The number of methoxy groups -OCH3 is 1. The van der Waals surface area contributed by atoms with Crippen molar-refractivity contribution in [2.24, 2.45) is 11.8 Å². The van der Waals surface area contributed by atoms with E-state index in [4.69, 9.17) is 4.74 Å². The lowest BCUT2D eigenvalue weighted by Crippen LogP contribution is -2.60. The van der Waals surface area contributed by atoms with Gasteiger partial charge in [-0.2, -0.15) is 0 Å². The first-order valence-electron chi connectivity index (χ1n) is 7.82. The number of carboxylic acid groups (broad SMARTS) is 1. The molecule has 2 N–H and O–H groups in total. The van der Waals surface area contributed by atoms with Gasteiger partial charge in [-0.3, -0.25) is 4.79 Å². The quantitative estimate of drug-likeness (QED) is 0.666. The monoisotopic (exact) mass is 284 g/mol. The van der Waals surface area contributed by atoms with Crippen LogP contribution < -0.4 is 5.32 Å². The van der Waals surface area contributed by atoms with Crippen LogP contribution in [0.1, 0.15) is 32.6 Å². The maximum Gasteiger partial charge on any atom is 0.325 e. The Kier molecular flexibility index (Phi) is 5.41. The van der Waals surface area contributed by atoms with Crippen LogP contribution in [0.3, 0.4) is 0 Å². The molecular weight excluding hydrogens is 256 g/mol. The average molecular weight is 284 g/mol. The molecule has 0 spiro atoms. The van der Waals surface area contributed by atoms with E-state index >= 15 is 0 Å². The average Bonchev–Trinajstić information content (AvgIpc) is 3.18. The highest BCUT2D eigenvalue weighted by Crippen LogP contribution is 2.41. The topological polar surface area (TPSA) is 61.8 Å². The van der Waals surface area contributed by atoms with Crippen molar-refractivity contribution in [1.29, 1.82) is 0 Å². The van der Waals surface area contributed by atoms with Gasteiger partial charge in [-0.15, -0.1) is 0 Å². The fourth-order valence-electron chi connectivity index (χ4n) is 3.35. The third-order valence-electron chi connectivity index (χ3n) is 4.59. The van der Waals surface area contributed by atoms with Gasteiger partial charge in [-0.25, -0.2) is 0 Å². The van der Waals surface area contributed by atoms with Gasteiger partial charge in [-0.05, 0) is 50.6 Å². The first-order chi connectivity index (χ1) is 9.62. The van der Waals surface area contributed by atoms with E-state index in [1.165, 1.54) is 0 Å². The van der Waals surface area contributed by atoms with Gasteiger partial charge < -0.3 is 20.1 Å². The van der Waals surface area contributed by atoms with E-state index in [-0.39, 0.29) is 0 Å². The van der Waals surface area contributed by atoms with Crippen LogP contribution in [-0.4, -0.2) is 61.4 Å². The first-order valence-corrected chi connectivity index (χ1v) is 7.82. The molecule has 0 amide bonds. The van der Waals surface area contributed by atoms with Crippen molar-refractivity contribution in [3.8, 4) is 0 Å². The number of hydrogen-bond donors (Lipinski definition) is 2. The molecule has 2 atom stereocenters. The number of ether oxygens (including phenoxy) is 1. The molecule has 0 bridgehead atoms. The maximum absolute atomic E-state index is 11.9. The molecule has 5 heteroatoms. The van der Waals surface area contributed by atoms with Crippen LogP contribution in [0.2, 0.25) is 0 Å². The maximum atomic E-state index is 11.9. The van der Waals surface area contributed by atoms with Gasteiger partial charge in [0.1, 0.15) is 5.54 Å². The summed E-state index contributed by atoms with van der Waals surface area (Å²) < 4.78 is 5.22. The first kappa shape index (κ1) is 15.7. The van der Waals surface area contributed by atoms with Gasteiger partial charge in [0.05, 0.1) is 6.61 Å². The molecule has 116 valence electrons. The number of carbonyl (C=O) groups is 1. The van der Waals surface area contributed by atoms with E-state index in [0.29, 0.717) is 18.4 Å². The molecule has 5 nitrogen and oxygen atoms in total. The molecule has 2 unspecified atom stereocenters. The summed E-state index contributed by atoms with van der Waals surface area (Å²) in [6.07, 6.45) is 4.16. The van der Waals surface area contributed by atoms with Crippen LogP contribution in [0.15, 0.2) is 0 Å². The smallest absolute Gasteiger partial charge is 0.325 e. The molecule has 1 aliphatic heterocycles. The lowest BCUT2D eigenvalue weighted by Gasteiger charge is -2.35. The van der Waals surface area contributed by atoms with Crippen molar-refractivity contribution >= 4 is 5.97 Å². The molecule has 20 heavy (non-hydrogen) atoms. The largest absolute Gasteiger partial charge is 0.480 e. The summed E-state index contributed by atoms with van der Waals surface area (Å²) in [5.41, 5.74) is -0.738. The summed E-state index contributed by atoms with van der Waals surface area (Å²) in [7, 11) is 1.73. The highest BCUT2D eigenvalue weighted by molar-refractivity contribution is 5.80. The molecule has 1 heterocycles. The fourth-order valence-corrected chi connectivity index (χ4v) is 3.35. The van der Waals surface area contributed by atoms with Crippen molar-refractivity contribution < 1.29 is 14.6 Å². The molecule has 0 radical (unpaired) electrons. The summed E-state index contributed by atoms with van der Waals surface area (Å²) in [6, 6.07) is 0. The second-order valence-corrected chi connectivity index (χ2v) is 6.32. The molecule has 0 aromatic heterocycles. The Labute approximate surface area is 121 Å². The second kappa shape index (κ2) is 6.87. The minimum absolute atomic E-state index is 0.299. The number of hydrogen-bond acceptors (Lipinski definition) is 4. The Morgan fingerprint density at radius 2 is 2.20 bits per heavy atom. The summed E-state index contributed by atoms with van der Waals surface area (Å²) in [4.78, 5) is 14.2. The van der Waals surface area contributed by atoms with Crippen LogP contribution in [0.25, 0.3) is 0 Å². The highest BCUT2D eigenvalue weighted by Gasteiger charge is 2.52. The number of nitrogens with one attached hydrogen (secondary N) is 1. The second-order valence-electron chi connectivity index (χ2n) is 6.32. The van der Waals surface area contributed by atoms with Crippen LogP contribution in [0.5, 0.6) is 0 Å². The zero-order valence-corrected chi connectivity index (χ0v) is 12.7. The van der Waals surface area contributed by atoms with Gasteiger partial charge in [0.15, 0.2) is 0 Å². The SMILES string of the molecule is CCCNC(CN1CCC(COC)C1)(C(=O)O)C1CC1. The number of nitrogens with zero attached hydrogens (tertiary/aromatic N) is 1. The molecule has 0 aromatic carbocycles. The third kappa shape index (κ3) is 3.51. The van der Waals surface area contributed by atoms with Gasteiger partial charge in [-0.1, -0.05) is 6.92 Å². The molecule has 2 fully saturated rings. The lowest BCUT2D eigenvalue weighted by molar-refractivity contribution is -0.147. The predicted octanol–water partition coefficient (Wildman–Crippen LogP) is 1.19. The molecule has 2 aliphatic rings. The van der Waals surface area contributed by atoms with E-state index in [2.05, 4.69) is 17.1 Å². The summed E-state index contributed by atoms with van der Waals surface area (Å²) in [5.74, 6) is 0.175. The van der Waals surface area contributed by atoms with Crippen molar-refractivity contribution in [2.45, 2.75) is 38.1 Å². The normalized spacial score (nSPS) is 26.6. The summed E-state index contributed by atoms with van der Waals surface area (Å²) >= 11 is 0. The van der Waals surface area contributed by atoms with Gasteiger partial charge in [0.2, 0.25) is 0 Å². The number of aliphatic carboxylic acids is 1. The van der Waals surface area contributed by atoms with Gasteiger partial charge in [0.25, 0.3) is 0 Å². The van der Waals surface area contributed by atoms with Crippen molar-refractivity contribution in [2.75, 3.05) is 39.9 Å². The molecule has 1 saturated carbocycles. The lowest BCUT2D eigenvalue weighted by atomic mass is 9.92. The molecule has 2 rings (SSSR count). The van der Waals surface area contributed by atoms with Crippen LogP contribution in [-0.2, 0) is 9.53 Å². The zero-order chi connectivity index (χ0) is 14.6. The molecule has 0 aromatic rings. The van der Waals surface area contributed by atoms with Crippen molar-refractivity contribution in [3.05, 3.63) is 0 Å². The van der Waals surface area contributed by atoms with E-state index in [0.717, 1.165) is 51.9 Å². The number of carboxylic acids is 1. The van der Waals surface area contributed by atoms with E-state index in [1.807, 2.05) is 0 Å². The minimum Gasteiger partial charge on any atom is -0.480 e. The Morgan fingerprint density at radius 3 is 2.75 bits per heavy atom. The minimum atomic E-state index is -0.738. The Bertz CT molecular complexity index is 333. The summed E-state index contributed by atoms with van der Waals surface area (Å²) in [5, 5.41) is 13.1. The fraction of sp³-hybridized carbons (Fsp3) is 0.933. The molecule has 1 aliphatic carbocycles. The number of likely N-dealkylation sites (tertiary alicyclic amines) is 1. The third-order valence-corrected chi connectivity index (χ3v) is 4.59. The standard InChI is InChI=1S/C15H28N2O3/c1-3-7-16-15(14(18)19,13-4-5-13)11-17-8-6-12(9-17)10-20-2/h12-13,16H,3-11H2,1-2H3,(H,18,19). The van der Waals surface area contributed by atoms with E-state index in [9.17, 15) is 9.90 Å². The van der Waals surface area contributed by atoms with Crippen LogP contribution in [0, 0.1) is 11.8 Å². The predicted molar refractivity (Wildman–Crippen MR) is 77.8 cm³/mol. The van der Waals surface area contributed by atoms with Crippen molar-refractivity contribution in [1.82, 2.24) is 10.2 Å². The van der Waals surface area contributed by atoms with E-state index in [1.54, 1.807) is 7.11 Å². The van der Waals surface area contributed by atoms with Crippen LogP contribution >= 0.6 is 0 Å². The highest BCUT2D eigenvalue weighted by atomic mass is 16.5. The van der Waals surface area contributed by atoms with Gasteiger partial charge in [0, 0.05) is 20.2 Å². The Hall–Kier alpha value is -0.650. The Balaban J connectivity index is 1.98. The van der Waals surface area contributed by atoms with Gasteiger partial charge >= 0.3 is 5.97 Å². The van der Waals surface area contributed by atoms with E-state index < -0.39 is 11.5 Å². The summed E-state index contributed by atoms with van der Waals surface area (Å²) in [6.45, 7) is 6.22. The molecule has 1 saturated heterocycles.